The largest absolute Gasteiger partial charge is 0.497 e. The second-order valence-electron chi connectivity index (χ2n) is 9.45. The van der Waals surface area contributed by atoms with Gasteiger partial charge in [0.05, 0.1) is 35.7 Å². The summed E-state index contributed by atoms with van der Waals surface area (Å²) >= 11 is 0. The van der Waals surface area contributed by atoms with Crippen LogP contribution in [0.1, 0.15) is 21.6 Å². The van der Waals surface area contributed by atoms with E-state index in [1.165, 1.54) is 6.07 Å². The Morgan fingerprint density at radius 3 is 2.38 bits per heavy atom. The molecule has 0 unspecified atom stereocenters. The van der Waals surface area contributed by atoms with Gasteiger partial charge in [0.25, 0.3) is 5.91 Å². The molecule has 2 heterocycles. The first-order chi connectivity index (χ1) is 19.4. The van der Waals surface area contributed by atoms with Gasteiger partial charge in [0.1, 0.15) is 11.6 Å². The Morgan fingerprint density at radius 1 is 0.925 bits per heavy atom. The highest BCUT2D eigenvalue weighted by Gasteiger charge is 2.28. The van der Waals surface area contributed by atoms with Crippen molar-refractivity contribution < 1.29 is 18.7 Å². The number of benzene rings is 3. The molecule has 0 radical (unpaired) electrons. The number of urea groups is 1. The number of halogens is 1. The van der Waals surface area contributed by atoms with E-state index in [1.54, 1.807) is 70.0 Å². The summed E-state index contributed by atoms with van der Waals surface area (Å²) in [6.07, 6.45) is 0. The van der Waals surface area contributed by atoms with Gasteiger partial charge in [-0.25, -0.2) is 9.18 Å². The number of carbonyl (C=O) groups excluding carboxylic acids is 2. The zero-order chi connectivity index (χ0) is 28.2. The number of para-hydroxylation sites is 1. The highest BCUT2D eigenvalue weighted by molar-refractivity contribution is 5.98. The van der Waals surface area contributed by atoms with Crippen molar-refractivity contribution in [3.63, 3.8) is 0 Å². The molecule has 8 nitrogen and oxygen atoms in total. The SMILES string of the molecule is COc1cccc(-c2cc(C(=O)N3CCN(C(=O)Nc4cccc(C#N)c4)CC3)c(C)n2-c2ccccc2F)c1. The van der Waals surface area contributed by atoms with Crippen LogP contribution in [0.5, 0.6) is 5.75 Å². The number of hydrogen-bond acceptors (Lipinski definition) is 4. The average Bonchev–Trinajstić information content (AvgIpc) is 3.33. The summed E-state index contributed by atoms with van der Waals surface area (Å²) in [5, 5.41) is 11.9. The van der Waals surface area contributed by atoms with E-state index in [4.69, 9.17) is 10.00 Å². The van der Waals surface area contributed by atoms with Gasteiger partial charge in [-0.2, -0.15) is 5.26 Å². The third kappa shape index (κ3) is 5.24. The first-order valence-corrected chi connectivity index (χ1v) is 12.9. The lowest BCUT2D eigenvalue weighted by molar-refractivity contribution is 0.0671. The second kappa shape index (κ2) is 11.3. The van der Waals surface area contributed by atoms with Crippen molar-refractivity contribution in [2.75, 3.05) is 38.6 Å². The smallest absolute Gasteiger partial charge is 0.321 e. The lowest BCUT2D eigenvalue weighted by Gasteiger charge is -2.34. The van der Waals surface area contributed by atoms with E-state index >= 15 is 0 Å². The summed E-state index contributed by atoms with van der Waals surface area (Å²) in [5.74, 6) is 0.0702. The van der Waals surface area contributed by atoms with E-state index in [-0.39, 0.29) is 11.9 Å². The van der Waals surface area contributed by atoms with Crippen LogP contribution in [0.4, 0.5) is 14.9 Å². The third-order valence-electron chi connectivity index (χ3n) is 7.03. The first-order valence-electron chi connectivity index (χ1n) is 12.9. The van der Waals surface area contributed by atoms with E-state index in [2.05, 4.69) is 11.4 Å². The number of piperazine rings is 1. The minimum absolute atomic E-state index is 0.182. The number of carbonyl (C=O) groups is 2. The van der Waals surface area contributed by atoms with Gasteiger partial charge in [-0.3, -0.25) is 4.79 Å². The molecule has 4 aromatic rings. The predicted octanol–water partition coefficient (Wildman–Crippen LogP) is 5.46. The molecule has 1 aliphatic heterocycles. The molecule has 0 bridgehead atoms. The van der Waals surface area contributed by atoms with E-state index < -0.39 is 5.82 Å². The molecule has 1 N–H and O–H groups in total. The van der Waals surface area contributed by atoms with E-state index in [0.29, 0.717) is 65.8 Å². The van der Waals surface area contributed by atoms with Crippen molar-refractivity contribution in [1.82, 2.24) is 14.4 Å². The Morgan fingerprint density at radius 2 is 1.65 bits per heavy atom. The van der Waals surface area contributed by atoms with Gasteiger partial charge >= 0.3 is 6.03 Å². The summed E-state index contributed by atoms with van der Waals surface area (Å²) in [4.78, 5) is 29.9. The maximum Gasteiger partial charge on any atom is 0.321 e. The zero-order valence-electron chi connectivity index (χ0n) is 22.2. The lowest BCUT2D eigenvalue weighted by atomic mass is 10.1. The molecule has 1 aromatic heterocycles. The number of nitrogens with zero attached hydrogens (tertiary/aromatic N) is 4. The van der Waals surface area contributed by atoms with Crippen molar-refractivity contribution >= 4 is 17.6 Å². The maximum atomic E-state index is 15.0. The molecule has 0 atom stereocenters. The number of nitriles is 1. The second-order valence-corrected chi connectivity index (χ2v) is 9.45. The van der Waals surface area contributed by atoms with Crippen LogP contribution in [0.2, 0.25) is 0 Å². The molecule has 0 spiro atoms. The molecule has 0 saturated carbocycles. The van der Waals surface area contributed by atoms with Crippen LogP contribution in [0.3, 0.4) is 0 Å². The standard InChI is InChI=1S/C31H28FN5O3/c1-21-26(19-29(23-8-6-10-25(18-23)40-2)37(21)28-12-4-3-11-27(28)32)30(38)35-13-15-36(16-14-35)31(39)34-24-9-5-7-22(17-24)20-33/h3-12,17-19H,13-16H2,1-2H3,(H,34,39). The monoisotopic (exact) mass is 537 g/mol. The first kappa shape index (κ1) is 26.5. The number of aromatic nitrogens is 1. The third-order valence-corrected chi connectivity index (χ3v) is 7.03. The quantitative estimate of drug-likeness (QED) is 0.366. The molecular formula is C31H28FN5O3. The van der Waals surface area contributed by atoms with Crippen molar-refractivity contribution in [2.24, 2.45) is 0 Å². The van der Waals surface area contributed by atoms with Crippen molar-refractivity contribution in [3.8, 4) is 28.8 Å². The van der Waals surface area contributed by atoms with Gasteiger partial charge in [0, 0.05) is 43.1 Å². The molecule has 5 rings (SSSR count). The Labute approximate surface area is 231 Å². The fourth-order valence-electron chi connectivity index (χ4n) is 4.91. The average molecular weight is 538 g/mol. The van der Waals surface area contributed by atoms with Crippen molar-refractivity contribution in [2.45, 2.75) is 6.92 Å². The van der Waals surface area contributed by atoms with Crippen LogP contribution in [0.15, 0.2) is 78.9 Å². The number of rotatable bonds is 5. The normalized spacial score (nSPS) is 13.1. The van der Waals surface area contributed by atoms with Crippen molar-refractivity contribution in [3.05, 3.63) is 102 Å². The van der Waals surface area contributed by atoms with Gasteiger partial charge in [-0.05, 0) is 55.5 Å². The fourth-order valence-corrected chi connectivity index (χ4v) is 4.91. The van der Waals surface area contributed by atoms with Gasteiger partial charge in [-0.15, -0.1) is 0 Å². The summed E-state index contributed by atoms with van der Waals surface area (Å²) in [6.45, 7) is 3.21. The van der Waals surface area contributed by atoms with Gasteiger partial charge in [0.15, 0.2) is 0 Å². The fraction of sp³-hybridized carbons (Fsp3) is 0.194. The van der Waals surface area contributed by atoms with Gasteiger partial charge < -0.3 is 24.4 Å². The van der Waals surface area contributed by atoms with Crippen LogP contribution in [0, 0.1) is 24.1 Å². The highest BCUT2D eigenvalue weighted by Crippen LogP contribution is 2.33. The molecular weight excluding hydrogens is 509 g/mol. The minimum Gasteiger partial charge on any atom is -0.497 e. The van der Waals surface area contributed by atoms with Gasteiger partial charge in [0.2, 0.25) is 0 Å². The number of ether oxygens (including phenoxy) is 1. The van der Waals surface area contributed by atoms with Crippen LogP contribution < -0.4 is 10.1 Å². The molecule has 1 fully saturated rings. The molecule has 9 heteroatoms. The Kier molecular flexibility index (Phi) is 7.51. The minimum atomic E-state index is -0.399. The van der Waals surface area contributed by atoms with E-state index in [9.17, 15) is 14.0 Å². The summed E-state index contributed by atoms with van der Waals surface area (Å²) in [7, 11) is 1.58. The highest BCUT2D eigenvalue weighted by atomic mass is 19.1. The van der Waals surface area contributed by atoms with E-state index in [1.807, 2.05) is 31.2 Å². The van der Waals surface area contributed by atoms with Crippen LogP contribution in [-0.2, 0) is 0 Å². The molecule has 202 valence electrons. The molecule has 3 amide bonds. The summed E-state index contributed by atoms with van der Waals surface area (Å²) in [5.41, 5.74) is 3.88. The summed E-state index contributed by atoms with van der Waals surface area (Å²) < 4.78 is 22.1. The molecule has 1 aliphatic rings. The number of anilines is 1. The maximum absolute atomic E-state index is 15.0. The summed E-state index contributed by atoms with van der Waals surface area (Å²) in [6, 6.07) is 24.2. The molecule has 1 saturated heterocycles. The molecule has 0 aliphatic carbocycles. The topological polar surface area (TPSA) is 90.6 Å². The Balaban J connectivity index is 1.38. The zero-order valence-corrected chi connectivity index (χ0v) is 22.2. The Bertz CT molecular complexity index is 1620. The number of amides is 3. The molecule has 40 heavy (non-hydrogen) atoms. The number of nitrogens with one attached hydrogen (secondary N) is 1. The van der Waals surface area contributed by atoms with Gasteiger partial charge in [-0.1, -0.05) is 30.3 Å². The van der Waals surface area contributed by atoms with Crippen LogP contribution in [0.25, 0.3) is 16.9 Å². The Hall–Kier alpha value is -5.10. The van der Waals surface area contributed by atoms with Crippen molar-refractivity contribution in [1.29, 1.82) is 5.26 Å². The molecule has 3 aromatic carbocycles. The van der Waals surface area contributed by atoms with E-state index in [0.717, 1.165) is 5.56 Å². The number of hydrogen-bond donors (Lipinski definition) is 1. The van der Waals surface area contributed by atoms with Crippen LogP contribution in [-0.4, -0.2) is 59.6 Å². The predicted molar refractivity (Wildman–Crippen MR) is 150 cm³/mol. The van der Waals surface area contributed by atoms with Crippen LogP contribution >= 0.6 is 0 Å². The number of methoxy groups -OCH3 is 1. The lowest BCUT2D eigenvalue weighted by Crippen LogP contribution is -2.51.